The molecule has 0 aliphatic rings. The fourth-order valence-corrected chi connectivity index (χ4v) is 4.25. The molecule has 0 saturated heterocycles. The third kappa shape index (κ3) is 4.20. The summed E-state index contributed by atoms with van der Waals surface area (Å²) >= 11 is 11.2. The molecular formula is C18H17BrClN7OS. The van der Waals surface area contributed by atoms with E-state index in [1.54, 1.807) is 16.8 Å². The number of pyridine rings is 1. The van der Waals surface area contributed by atoms with E-state index in [0.717, 1.165) is 28.7 Å². The van der Waals surface area contributed by atoms with Gasteiger partial charge in [-0.3, -0.25) is 9.89 Å². The van der Waals surface area contributed by atoms with Crippen molar-refractivity contribution in [2.24, 2.45) is 0 Å². The van der Waals surface area contributed by atoms with Crippen LogP contribution in [0.2, 0.25) is 5.02 Å². The van der Waals surface area contributed by atoms with E-state index in [1.807, 2.05) is 37.3 Å². The minimum Gasteiger partial charge on any atom is -0.329 e. The van der Waals surface area contributed by atoms with Gasteiger partial charge in [0.15, 0.2) is 5.01 Å². The van der Waals surface area contributed by atoms with Crippen LogP contribution >= 0.6 is 38.9 Å². The quantitative estimate of drug-likeness (QED) is 0.421. The third-order valence-corrected chi connectivity index (χ3v) is 6.17. The number of nitrogens with zero attached hydrogens (tertiary/aromatic N) is 5. The summed E-state index contributed by atoms with van der Waals surface area (Å²) in [5.74, 6) is 0. The predicted molar refractivity (Wildman–Crippen MR) is 120 cm³/mol. The number of halogens is 2. The van der Waals surface area contributed by atoms with Crippen LogP contribution in [0.5, 0.6) is 0 Å². The first-order chi connectivity index (χ1) is 13.9. The minimum atomic E-state index is -0.0707. The lowest BCUT2D eigenvalue weighted by Gasteiger charge is -2.12. The molecule has 3 aromatic heterocycles. The average molecular weight is 495 g/mol. The molecular weight excluding hydrogens is 478 g/mol. The van der Waals surface area contributed by atoms with Gasteiger partial charge in [-0.2, -0.15) is 5.10 Å². The second-order valence-corrected chi connectivity index (χ2v) is 8.88. The van der Waals surface area contributed by atoms with Gasteiger partial charge < -0.3 is 14.8 Å². The molecule has 4 aromatic rings. The van der Waals surface area contributed by atoms with E-state index in [4.69, 9.17) is 11.6 Å². The van der Waals surface area contributed by atoms with E-state index >= 15 is 0 Å². The number of benzene rings is 1. The molecule has 0 aliphatic heterocycles. The zero-order valence-corrected chi connectivity index (χ0v) is 18.8. The van der Waals surface area contributed by atoms with E-state index in [2.05, 4.69) is 41.6 Å². The van der Waals surface area contributed by atoms with Crippen molar-refractivity contribution >= 4 is 60.6 Å². The highest BCUT2D eigenvalue weighted by Gasteiger charge is 2.13. The molecule has 0 radical (unpaired) electrons. The molecule has 29 heavy (non-hydrogen) atoms. The van der Waals surface area contributed by atoms with Gasteiger partial charge >= 0.3 is 0 Å². The van der Waals surface area contributed by atoms with Crippen LogP contribution < -0.4 is 10.9 Å². The Bertz CT molecular complexity index is 1230. The maximum Gasteiger partial charge on any atom is 0.264 e. The van der Waals surface area contributed by atoms with Crippen LogP contribution in [-0.4, -0.2) is 50.5 Å². The number of anilines is 2. The lowest BCUT2D eigenvalue weighted by atomic mass is 10.2. The zero-order valence-electron chi connectivity index (χ0n) is 15.6. The minimum absolute atomic E-state index is 0.0707. The first-order valence-electron chi connectivity index (χ1n) is 8.69. The first-order valence-corrected chi connectivity index (χ1v) is 10.7. The Morgan fingerprint density at radius 2 is 2.17 bits per heavy atom. The molecule has 0 fully saturated rings. The normalized spacial score (nSPS) is 11.5. The smallest absolute Gasteiger partial charge is 0.264 e. The maximum absolute atomic E-state index is 12.4. The SMILES string of the molecule is CN(C)CCn1cc(-c2nnc(Nc3ccc4[nH]ncc4c3Cl)s2)cc(Br)c1=O. The molecule has 11 heteroatoms. The molecule has 4 rings (SSSR count). The first kappa shape index (κ1) is 20.0. The number of H-pyrrole nitrogens is 1. The number of hydrogen-bond acceptors (Lipinski definition) is 7. The Labute approximate surface area is 183 Å². The van der Waals surface area contributed by atoms with E-state index < -0.39 is 0 Å². The molecule has 0 amide bonds. The summed E-state index contributed by atoms with van der Waals surface area (Å²) in [5.41, 5.74) is 2.33. The molecule has 0 unspecified atom stereocenters. The Balaban J connectivity index is 1.61. The monoisotopic (exact) mass is 493 g/mol. The standard InChI is InChI=1S/C18H17BrClN7OS/c1-26(2)5-6-27-9-10(7-12(19)17(27)28)16-24-25-18(29-16)22-14-4-3-13-11(15(14)20)8-21-23-13/h3-4,7-9H,5-6H2,1-2H3,(H,21,23)(H,22,25). The van der Waals surface area contributed by atoms with Gasteiger partial charge in [-0.25, -0.2) is 0 Å². The highest BCUT2D eigenvalue weighted by atomic mass is 79.9. The average Bonchev–Trinajstić information content (AvgIpc) is 3.35. The van der Waals surface area contributed by atoms with Crippen molar-refractivity contribution in [1.29, 1.82) is 0 Å². The zero-order chi connectivity index (χ0) is 20.5. The summed E-state index contributed by atoms with van der Waals surface area (Å²) in [4.78, 5) is 14.4. The Morgan fingerprint density at radius 1 is 1.34 bits per heavy atom. The number of nitrogens with one attached hydrogen (secondary N) is 2. The largest absolute Gasteiger partial charge is 0.329 e. The molecule has 0 atom stereocenters. The molecule has 3 heterocycles. The molecule has 1 aromatic carbocycles. The Morgan fingerprint density at radius 3 is 2.97 bits per heavy atom. The number of aromatic nitrogens is 5. The topological polar surface area (TPSA) is 91.7 Å². The van der Waals surface area contributed by atoms with E-state index in [0.29, 0.717) is 26.2 Å². The van der Waals surface area contributed by atoms with Crippen molar-refractivity contribution in [3.05, 3.63) is 50.4 Å². The second kappa shape index (κ2) is 8.23. The van der Waals surface area contributed by atoms with Gasteiger partial charge in [0.25, 0.3) is 5.56 Å². The fraction of sp³-hybridized carbons (Fsp3) is 0.222. The number of fused-ring (bicyclic) bond motifs is 1. The highest BCUT2D eigenvalue weighted by molar-refractivity contribution is 9.10. The van der Waals surface area contributed by atoms with Gasteiger partial charge in [-0.15, -0.1) is 10.2 Å². The summed E-state index contributed by atoms with van der Waals surface area (Å²) in [7, 11) is 3.94. The Kier molecular flexibility index (Phi) is 5.68. The molecule has 150 valence electrons. The van der Waals surface area contributed by atoms with Gasteiger partial charge in [0.1, 0.15) is 0 Å². The molecule has 0 saturated carbocycles. The summed E-state index contributed by atoms with van der Waals surface area (Å²) in [6.45, 7) is 1.34. The summed E-state index contributed by atoms with van der Waals surface area (Å²) in [6, 6.07) is 5.53. The predicted octanol–water partition coefficient (Wildman–Crippen LogP) is 3.96. The van der Waals surface area contributed by atoms with E-state index in [-0.39, 0.29) is 5.56 Å². The van der Waals surface area contributed by atoms with Gasteiger partial charge in [-0.05, 0) is 48.2 Å². The molecule has 8 nitrogen and oxygen atoms in total. The van der Waals surface area contributed by atoms with E-state index in [1.165, 1.54) is 11.3 Å². The van der Waals surface area contributed by atoms with Crippen molar-refractivity contribution in [2.45, 2.75) is 6.54 Å². The van der Waals surface area contributed by atoms with Crippen molar-refractivity contribution in [3.63, 3.8) is 0 Å². The summed E-state index contributed by atoms with van der Waals surface area (Å²) < 4.78 is 2.17. The van der Waals surface area contributed by atoms with Crippen LogP contribution in [0, 0.1) is 0 Å². The molecule has 0 spiro atoms. The van der Waals surface area contributed by atoms with Crippen molar-refractivity contribution < 1.29 is 0 Å². The van der Waals surface area contributed by atoms with Crippen molar-refractivity contribution in [3.8, 4) is 10.6 Å². The molecule has 0 aliphatic carbocycles. The highest BCUT2D eigenvalue weighted by Crippen LogP contribution is 2.34. The van der Waals surface area contributed by atoms with Crippen LogP contribution in [0.15, 0.2) is 39.9 Å². The molecule has 2 N–H and O–H groups in total. The summed E-state index contributed by atoms with van der Waals surface area (Å²) in [5, 5.41) is 21.3. The third-order valence-electron chi connectivity index (χ3n) is 4.30. The van der Waals surface area contributed by atoms with Gasteiger partial charge in [-0.1, -0.05) is 22.9 Å². The fourth-order valence-electron chi connectivity index (χ4n) is 2.78. The number of rotatable bonds is 6. The van der Waals surface area contributed by atoms with Crippen LogP contribution in [0.3, 0.4) is 0 Å². The van der Waals surface area contributed by atoms with Crippen molar-refractivity contribution in [1.82, 2.24) is 29.9 Å². The number of hydrogen-bond donors (Lipinski definition) is 2. The lowest BCUT2D eigenvalue weighted by molar-refractivity contribution is 0.381. The lowest BCUT2D eigenvalue weighted by Crippen LogP contribution is -2.26. The molecule has 0 bridgehead atoms. The number of aromatic amines is 1. The van der Waals surface area contributed by atoms with Crippen LogP contribution in [0.4, 0.5) is 10.8 Å². The van der Waals surface area contributed by atoms with Gasteiger partial charge in [0, 0.05) is 30.2 Å². The van der Waals surface area contributed by atoms with Crippen LogP contribution in [0.25, 0.3) is 21.5 Å². The van der Waals surface area contributed by atoms with Crippen LogP contribution in [-0.2, 0) is 6.54 Å². The van der Waals surface area contributed by atoms with Crippen LogP contribution in [0.1, 0.15) is 0 Å². The second-order valence-electron chi connectivity index (χ2n) is 6.67. The van der Waals surface area contributed by atoms with Gasteiger partial charge in [0.05, 0.1) is 26.9 Å². The van der Waals surface area contributed by atoms with Crippen molar-refractivity contribution in [2.75, 3.05) is 26.0 Å². The Hall–Kier alpha value is -2.27. The summed E-state index contributed by atoms with van der Waals surface area (Å²) in [6.07, 6.45) is 3.49. The number of likely N-dealkylation sites (N-methyl/N-ethyl adjacent to an activating group) is 1. The van der Waals surface area contributed by atoms with E-state index in [9.17, 15) is 4.79 Å². The maximum atomic E-state index is 12.4. The van der Waals surface area contributed by atoms with Gasteiger partial charge in [0.2, 0.25) is 5.13 Å².